The number of ether oxygens (including phenoxy) is 3. The van der Waals surface area contributed by atoms with E-state index in [4.69, 9.17) is 30.8 Å². The fourth-order valence-electron chi connectivity index (χ4n) is 5.44. The highest BCUT2D eigenvalue weighted by molar-refractivity contribution is 6.30. The Balaban J connectivity index is 1.31. The van der Waals surface area contributed by atoms with Crippen molar-refractivity contribution < 1.29 is 14.2 Å². The Kier molecular flexibility index (Phi) is 8.98. The summed E-state index contributed by atoms with van der Waals surface area (Å²) in [7, 11) is 0. The molecule has 0 amide bonds. The second kappa shape index (κ2) is 13.2. The van der Waals surface area contributed by atoms with Crippen LogP contribution in [0.25, 0.3) is 16.9 Å². The third-order valence-electron chi connectivity index (χ3n) is 7.72. The van der Waals surface area contributed by atoms with E-state index in [0.29, 0.717) is 11.6 Å². The number of aryl methyl sites for hydroxylation is 1. The molecule has 216 valence electrons. The van der Waals surface area contributed by atoms with Gasteiger partial charge in [0, 0.05) is 74.5 Å². The summed E-state index contributed by atoms with van der Waals surface area (Å²) in [5.74, 6) is 1.84. The highest BCUT2D eigenvalue weighted by Crippen LogP contribution is 2.37. The summed E-state index contributed by atoms with van der Waals surface area (Å²) in [4.78, 5) is 16.8. The average molecular weight is 577 g/mol. The molecule has 2 aliphatic rings. The number of fused-ring (bicyclic) bond motifs is 1. The van der Waals surface area contributed by atoms with Gasteiger partial charge in [-0.15, -0.1) is 0 Å². The van der Waals surface area contributed by atoms with E-state index in [1.165, 1.54) is 0 Å². The van der Waals surface area contributed by atoms with Gasteiger partial charge < -0.3 is 19.1 Å². The van der Waals surface area contributed by atoms with E-state index < -0.39 is 0 Å². The minimum atomic E-state index is 0.647. The van der Waals surface area contributed by atoms with Crippen molar-refractivity contribution in [2.24, 2.45) is 0 Å². The first-order valence-corrected chi connectivity index (χ1v) is 14.7. The lowest BCUT2D eigenvalue weighted by molar-refractivity contribution is 0.0322. The van der Waals surface area contributed by atoms with E-state index in [1.54, 1.807) is 0 Å². The van der Waals surface area contributed by atoms with Gasteiger partial charge in [-0.2, -0.15) is 0 Å². The molecule has 0 aliphatic carbocycles. The van der Waals surface area contributed by atoms with Crippen molar-refractivity contribution in [2.75, 3.05) is 83.7 Å². The van der Waals surface area contributed by atoms with Crippen LogP contribution in [0.4, 0.5) is 11.5 Å². The fraction of sp³-hybridized carbons (Fsp3) is 0.419. The van der Waals surface area contributed by atoms with Gasteiger partial charge in [-0.05, 0) is 49.4 Å². The topological polar surface area (TPSA) is 67.6 Å². The molecule has 2 aliphatic heterocycles. The van der Waals surface area contributed by atoms with Crippen LogP contribution in [0.15, 0.2) is 60.9 Å². The van der Waals surface area contributed by atoms with E-state index in [1.807, 2.05) is 49.6 Å². The van der Waals surface area contributed by atoms with Gasteiger partial charge in [0.15, 0.2) is 5.65 Å². The molecule has 2 fully saturated rings. The van der Waals surface area contributed by atoms with Gasteiger partial charge in [-0.1, -0.05) is 17.7 Å². The van der Waals surface area contributed by atoms with E-state index in [0.717, 1.165) is 112 Å². The first kappa shape index (κ1) is 27.9. The van der Waals surface area contributed by atoms with E-state index >= 15 is 0 Å². The number of morpholine rings is 2. The molecule has 10 heteroatoms. The number of rotatable bonds is 10. The van der Waals surface area contributed by atoms with Crippen LogP contribution < -0.4 is 9.64 Å². The second-order valence-electron chi connectivity index (χ2n) is 10.4. The predicted octanol–water partition coefficient (Wildman–Crippen LogP) is 4.54. The van der Waals surface area contributed by atoms with Crippen LogP contribution in [-0.2, 0) is 9.47 Å². The number of benzene rings is 2. The van der Waals surface area contributed by atoms with Crippen molar-refractivity contribution in [3.05, 3.63) is 71.6 Å². The number of nitrogens with zero attached hydrogens (tertiary/aromatic N) is 6. The van der Waals surface area contributed by atoms with Gasteiger partial charge in [0.2, 0.25) is 0 Å². The van der Waals surface area contributed by atoms with Crippen molar-refractivity contribution in [2.45, 2.75) is 6.92 Å². The van der Waals surface area contributed by atoms with Crippen LogP contribution >= 0.6 is 11.6 Å². The Morgan fingerprint density at radius 3 is 2.34 bits per heavy atom. The summed E-state index contributed by atoms with van der Waals surface area (Å²) in [6.07, 6.45) is 3.82. The van der Waals surface area contributed by atoms with Crippen LogP contribution in [-0.4, -0.2) is 103 Å². The molecule has 0 saturated carbocycles. The smallest absolute Gasteiger partial charge is 0.160 e. The number of imidazole rings is 1. The van der Waals surface area contributed by atoms with Crippen molar-refractivity contribution in [1.82, 2.24) is 24.2 Å². The summed E-state index contributed by atoms with van der Waals surface area (Å²) < 4.78 is 19.3. The molecule has 0 N–H and O–H groups in total. The number of anilines is 2. The third kappa shape index (κ3) is 6.66. The highest BCUT2D eigenvalue weighted by Gasteiger charge is 2.24. The average Bonchev–Trinajstić information content (AvgIpc) is 3.39. The molecular weight excluding hydrogens is 540 g/mol. The van der Waals surface area contributed by atoms with Crippen molar-refractivity contribution in [3.8, 4) is 17.0 Å². The Morgan fingerprint density at radius 2 is 1.63 bits per heavy atom. The van der Waals surface area contributed by atoms with Gasteiger partial charge in [-0.3, -0.25) is 19.2 Å². The summed E-state index contributed by atoms with van der Waals surface area (Å²) in [6, 6.07) is 16.3. The normalized spacial score (nSPS) is 16.7. The van der Waals surface area contributed by atoms with Crippen LogP contribution in [0.2, 0.25) is 5.02 Å². The van der Waals surface area contributed by atoms with Crippen LogP contribution in [0.5, 0.6) is 5.75 Å². The largest absolute Gasteiger partial charge is 0.492 e. The lowest BCUT2D eigenvalue weighted by atomic mass is 10.1. The van der Waals surface area contributed by atoms with Gasteiger partial charge >= 0.3 is 0 Å². The maximum absolute atomic E-state index is 6.50. The maximum Gasteiger partial charge on any atom is 0.160 e. The van der Waals surface area contributed by atoms with Crippen LogP contribution in [0, 0.1) is 6.92 Å². The summed E-state index contributed by atoms with van der Waals surface area (Å²) in [6.45, 7) is 12.1. The van der Waals surface area contributed by atoms with E-state index in [9.17, 15) is 0 Å². The molecule has 0 bridgehead atoms. The molecule has 0 unspecified atom stereocenters. The quantitative estimate of drug-likeness (QED) is 0.273. The minimum Gasteiger partial charge on any atom is -0.492 e. The van der Waals surface area contributed by atoms with Crippen LogP contribution in [0.1, 0.15) is 5.69 Å². The lowest BCUT2D eigenvalue weighted by Gasteiger charge is -2.31. The molecule has 2 saturated heterocycles. The standard InChI is InChI=1S/C31H37ClN6O3/c1-24-30-34-29(25-5-7-28(8-6-25)41-22-17-36-15-20-40-21-16-36)31(38(30)10-9-33-24)37(27-4-2-3-26(32)23-27)12-11-35-13-18-39-19-14-35/h2-10,23H,11-22H2,1H3. The summed E-state index contributed by atoms with van der Waals surface area (Å²) in [5.41, 5.74) is 4.64. The number of halogens is 1. The highest BCUT2D eigenvalue weighted by atomic mass is 35.5. The molecule has 2 aromatic carbocycles. The fourth-order valence-corrected chi connectivity index (χ4v) is 5.62. The maximum atomic E-state index is 6.50. The Hall–Kier alpha value is -3.21. The molecule has 4 heterocycles. The number of hydrogen-bond acceptors (Lipinski definition) is 8. The number of aromatic nitrogens is 3. The monoisotopic (exact) mass is 576 g/mol. The van der Waals surface area contributed by atoms with Gasteiger partial charge in [0.1, 0.15) is 23.9 Å². The predicted molar refractivity (Wildman–Crippen MR) is 162 cm³/mol. The zero-order chi connectivity index (χ0) is 28.0. The van der Waals surface area contributed by atoms with Gasteiger partial charge in [-0.25, -0.2) is 4.98 Å². The van der Waals surface area contributed by atoms with Gasteiger partial charge in [0.25, 0.3) is 0 Å². The Morgan fingerprint density at radius 1 is 0.927 bits per heavy atom. The van der Waals surface area contributed by atoms with Crippen molar-refractivity contribution >= 4 is 28.8 Å². The lowest BCUT2D eigenvalue weighted by Crippen LogP contribution is -2.40. The Labute approximate surface area is 246 Å². The Bertz CT molecular complexity index is 1430. The van der Waals surface area contributed by atoms with E-state index in [2.05, 4.69) is 42.3 Å². The summed E-state index contributed by atoms with van der Waals surface area (Å²) >= 11 is 6.50. The van der Waals surface area contributed by atoms with Crippen LogP contribution in [0.3, 0.4) is 0 Å². The molecule has 9 nitrogen and oxygen atoms in total. The molecule has 2 aromatic heterocycles. The molecule has 41 heavy (non-hydrogen) atoms. The second-order valence-corrected chi connectivity index (χ2v) is 10.8. The summed E-state index contributed by atoms with van der Waals surface area (Å²) in [5, 5.41) is 0.700. The number of hydrogen-bond donors (Lipinski definition) is 0. The van der Waals surface area contributed by atoms with Crippen molar-refractivity contribution in [1.29, 1.82) is 0 Å². The molecular formula is C31H37ClN6O3. The molecule has 0 spiro atoms. The van der Waals surface area contributed by atoms with E-state index in [-0.39, 0.29) is 0 Å². The minimum absolute atomic E-state index is 0.647. The SMILES string of the molecule is Cc1nccn2c(N(CCN3CCOCC3)c3cccc(Cl)c3)c(-c3ccc(OCCN4CCOCC4)cc3)nc12. The van der Waals surface area contributed by atoms with Crippen molar-refractivity contribution in [3.63, 3.8) is 0 Å². The zero-order valence-electron chi connectivity index (χ0n) is 23.5. The zero-order valence-corrected chi connectivity index (χ0v) is 24.3. The van der Waals surface area contributed by atoms with Gasteiger partial charge in [0.05, 0.1) is 32.1 Å². The first-order chi connectivity index (χ1) is 20.2. The molecule has 4 aromatic rings. The first-order valence-electron chi connectivity index (χ1n) is 14.4. The molecule has 6 rings (SSSR count). The molecule has 0 atom stereocenters. The third-order valence-corrected chi connectivity index (χ3v) is 7.96. The molecule has 0 radical (unpaired) electrons.